The smallest absolute Gasteiger partial charge is 0.251 e. The summed E-state index contributed by atoms with van der Waals surface area (Å²) < 4.78 is 1.93. The van der Waals surface area contributed by atoms with Crippen LogP contribution in [0.25, 0.3) is 11.0 Å². The molecular formula is C24H27ClN4O2. The van der Waals surface area contributed by atoms with E-state index in [4.69, 9.17) is 16.6 Å². The molecule has 0 saturated carbocycles. The number of fused-ring (bicyclic) bond motifs is 1. The number of imidazole rings is 1. The van der Waals surface area contributed by atoms with Gasteiger partial charge in [-0.15, -0.1) is 0 Å². The van der Waals surface area contributed by atoms with Crippen LogP contribution in [0.15, 0.2) is 48.5 Å². The average molecular weight is 439 g/mol. The van der Waals surface area contributed by atoms with Gasteiger partial charge in [0, 0.05) is 23.2 Å². The Morgan fingerprint density at radius 3 is 2.77 bits per heavy atom. The van der Waals surface area contributed by atoms with Crippen molar-refractivity contribution in [2.24, 2.45) is 0 Å². The number of hydrogen-bond donors (Lipinski definition) is 1. The van der Waals surface area contributed by atoms with Crippen LogP contribution in [0, 0.1) is 0 Å². The topological polar surface area (TPSA) is 67.2 Å². The molecule has 0 spiro atoms. The molecular weight excluding hydrogens is 412 g/mol. The lowest BCUT2D eigenvalue weighted by molar-refractivity contribution is -0.135. The molecule has 3 aromatic rings. The van der Waals surface area contributed by atoms with E-state index in [2.05, 4.69) is 12.2 Å². The second-order valence-corrected chi connectivity index (χ2v) is 8.62. The second-order valence-electron chi connectivity index (χ2n) is 8.18. The van der Waals surface area contributed by atoms with Gasteiger partial charge in [-0.05, 0) is 63.4 Å². The zero-order valence-electron chi connectivity index (χ0n) is 17.8. The van der Waals surface area contributed by atoms with Gasteiger partial charge in [-0.2, -0.15) is 0 Å². The molecule has 1 fully saturated rings. The third-order valence-electron chi connectivity index (χ3n) is 5.92. The third kappa shape index (κ3) is 4.59. The maximum absolute atomic E-state index is 13.2. The summed E-state index contributed by atoms with van der Waals surface area (Å²) >= 11 is 6.03. The average Bonchev–Trinajstić information content (AvgIpc) is 3.12. The van der Waals surface area contributed by atoms with Crippen molar-refractivity contribution in [3.8, 4) is 0 Å². The predicted octanol–water partition coefficient (Wildman–Crippen LogP) is 4.58. The van der Waals surface area contributed by atoms with E-state index in [9.17, 15) is 9.59 Å². The van der Waals surface area contributed by atoms with Gasteiger partial charge < -0.3 is 14.8 Å². The highest BCUT2D eigenvalue weighted by Gasteiger charge is 2.26. The molecule has 0 radical (unpaired) electrons. The molecule has 4 rings (SSSR count). The third-order valence-corrected chi connectivity index (χ3v) is 6.16. The van der Waals surface area contributed by atoms with E-state index in [0.717, 1.165) is 36.8 Å². The zero-order chi connectivity index (χ0) is 22.0. The number of nitrogens with zero attached hydrogens (tertiary/aromatic N) is 3. The van der Waals surface area contributed by atoms with Gasteiger partial charge in [-0.25, -0.2) is 4.98 Å². The summed E-state index contributed by atoms with van der Waals surface area (Å²) in [4.78, 5) is 32.6. The van der Waals surface area contributed by atoms with Crippen molar-refractivity contribution in [1.29, 1.82) is 0 Å². The van der Waals surface area contributed by atoms with Crippen LogP contribution in [-0.4, -0.2) is 38.9 Å². The van der Waals surface area contributed by atoms with Gasteiger partial charge in [-0.3, -0.25) is 9.59 Å². The van der Waals surface area contributed by atoms with Crippen LogP contribution in [0.4, 0.5) is 0 Å². The minimum Gasteiger partial charge on any atom is -0.342 e. The van der Waals surface area contributed by atoms with Gasteiger partial charge in [0.1, 0.15) is 12.4 Å². The number of aromatic nitrogens is 2. The lowest BCUT2D eigenvalue weighted by Gasteiger charge is -2.33. The normalized spacial score (nSPS) is 17.5. The van der Waals surface area contributed by atoms with Crippen molar-refractivity contribution in [2.45, 2.75) is 51.7 Å². The van der Waals surface area contributed by atoms with E-state index in [1.54, 1.807) is 24.3 Å². The number of rotatable bonds is 5. The molecule has 1 aliphatic rings. The highest BCUT2D eigenvalue weighted by Crippen LogP contribution is 2.23. The van der Waals surface area contributed by atoms with E-state index in [0.29, 0.717) is 16.4 Å². The van der Waals surface area contributed by atoms with E-state index in [1.807, 2.05) is 40.7 Å². The van der Waals surface area contributed by atoms with Crippen molar-refractivity contribution >= 4 is 34.4 Å². The summed E-state index contributed by atoms with van der Waals surface area (Å²) in [5, 5.41) is 3.50. The number of halogens is 1. The Hall–Kier alpha value is -2.86. The van der Waals surface area contributed by atoms with E-state index < -0.39 is 0 Å². The molecule has 1 saturated heterocycles. The molecule has 2 heterocycles. The predicted molar refractivity (Wildman–Crippen MR) is 122 cm³/mol. The van der Waals surface area contributed by atoms with Gasteiger partial charge in [0.05, 0.1) is 17.1 Å². The molecule has 6 nitrogen and oxygen atoms in total. The first-order chi connectivity index (χ1) is 14.9. The number of likely N-dealkylation sites (tertiary alicyclic amines) is 1. The highest BCUT2D eigenvalue weighted by atomic mass is 35.5. The van der Waals surface area contributed by atoms with Crippen molar-refractivity contribution < 1.29 is 9.59 Å². The SMILES string of the molecule is CC(NC(=O)c1cccc(Cl)c1)c1nc2ccccc2n1CC(=O)N1CCCCC1C. The van der Waals surface area contributed by atoms with Crippen molar-refractivity contribution in [2.75, 3.05) is 6.54 Å². The van der Waals surface area contributed by atoms with Gasteiger partial charge in [0.2, 0.25) is 5.91 Å². The Morgan fingerprint density at radius 1 is 1.19 bits per heavy atom. The molecule has 31 heavy (non-hydrogen) atoms. The Kier molecular flexibility index (Phi) is 6.28. The fourth-order valence-electron chi connectivity index (χ4n) is 4.26. The number of carbonyl (C=O) groups excluding carboxylic acids is 2. The lowest BCUT2D eigenvalue weighted by atomic mass is 10.0. The monoisotopic (exact) mass is 438 g/mol. The van der Waals surface area contributed by atoms with Gasteiger partial charge >= 0.3 is 0 Å². The molecule has 162 valence electrons. The Balaban J connectivity index is 1.61. The van der Waals surface area contributed by atoms with Crippen LogP contribution < -0.4 is 5.32 Å². The van der Waals surface area contributed by atoms with Gasteiger partial charge in [-0.1, -0.05) is 29.8 Å². The van der Waals surface area contributed by atoms with E-state index >= 15 is 0 Å². The molecule has 1 aromatic heterocycles. The second kappa shape index (κ2) is 9.10. The quantitative estimate of drug-likeness (QED) is 0.633. The maximum atomic E-state index is 13.2. The largest absolute Gasteiger partial charge is 0.342 e. The van der Waals surface area contributed by atoms with Crippen LogP contribution in [0.5, 0.6) is 0 Å². The maximum Gasteiger partial charge on any atom is 0.251 e. The molecule has 2 aromatic carbocycles. The summed E-state index contributed by atoms with van der Waals surface area (Å²) in [7, 11) is 0. The van der Waals surface area contributed by atoms with Crippen LogP contribution in [0.1, 0.15) is 55.3 Å². The number of hydrogen-bond acceptors (Lipinski definition) is 3. The molecule has 0 bridgehead atoms. The Bertz CT molecular complexity index is 1110. The number of piperidine rings is 1. The minimum absolute atomic E-state index is 0.0879. The zero-order valence-corrected chi connectivity index (χ0v) is 18.6. The first kappa shape index (κ1) is 21.4. The molecule has 1 aliphatic heterocycles. The van der Waals surface area contributed by atoms with Crippen molar-refractivity contribution in [1.82, 2.24) is 19.8 Å². The first-order valence-electron chi connectivity index (χ1n) is 10.7. The van der Waals surface area contributed by atoms with Crippen LogP contribution >= 0.6 is 11.6 Å². The van der Waals surface area contributed by atoms with Crippen LogP contribution in [0.2, 0.25) is 5.02 Å². The number of amides is 2. The van der Waals surface area contributed by atoms with Crippen molar-refractivity contribution in [3.05, 3.63) is 64.9 Å². The molecule has 2 amide bonds. The summed E-state index contributed by atoms with van der Waals surface area (Å²) in [5.41, 5.74) is 2.18. The molecule has 1 N–H and O–H groups in total. The van der Waals surface area contributed by atoms with E-state index in [-0.39, 0.29) is 30.4 Å². The number of benzene rings is 2. The van der Waals surface area contributed by atoms with Crippen LogP contribution in [-0.2, 0) is 11.3 Å². The minimum atomic E-state index is -0.384. The summed E-state index contributed by atoms with van der Waals surface area (Å²) in [6, 6.07) is 14.4. The summed E-state index contributed by atoms with van der Waals surface area (Å²) in [5.74, 6) is 0.518. The lowest BCUT2D eigenvalue weighted by Crippen LogP contribution is -2.44. The van der Waals surface area contributed by atoms with E-state index in [1.165, 1.54) is 0 Å². The summed E-state index contributed by atoms with van der Waals surface area (Å²) in [6.07, 6.45) is 3.24. The number of para-hydroxylation sites is 2. The summed E-state index contributed by atoms with van der Waals surface area (Å²) in [6.45, 7) is 4.99. The number of carbonyl (C=O) groups is 2. The molecule has 2 unspecified atom stereocenters. The Morgan fingerprint density at radius 2 is 2.00 bits per heavy atom. The molecule has 2 atom stereocenters. The molecule has 0 aliphatic carbocycles. The van der Waals surface area contributed by atoms with Gasteiger partial charge in [0.25, 0.3) is 5.91 Å². The van der Waals surface area contributed by atoms with Crippen molar-refractivity contribution in [3.63, 3.8) is 0 Å². The first-order valence-corrected chi connectivity index (χ1v) is 11.1. The fraction of sp³-hybridized carbons (Fsp3) is 0.375. The van der Waals surface area contributed by atoms with Gasteiger partial charge in [0.15, 0.2) is 0 Å². The Labute approximate surface area is 187 Å². The fourth-order valence-corrected chi connectivity index (χ4v) is 4.45. The number of nitrogens with one attached hydrogen (secondary N) is 1. The standard InChI is InChI=1S/C24H27ClN4O2/c1-16-8-5-6-13-28(16)22(30)15-29-21-12-4-3-11-20(21)27-23(29)17(2)26-24(31)18-9-7-10-19(25)14-18/h3-4,7,9-12,14,16-17H,5-6,8,13,15H2,1-2H3,(H,26,31). The molecule has 7 heteroatoms. The highest BCUT2D eigenvalue weighted by molar-refractivity contribution is 6.30. The van der Waals surface area contributed by atoms with Crippen LogP contribution in [0.3, 0.4) is 0 Å².